The number of benzene rings is 2. The van der Waals surface area contributed by atoms with E-state index in [1.54, 1.807) is 6.07 Å². The van der Waals surface area contributed by atoms with Crippen LogP contribution in [0.25, 0.3) is 0 Å². The van der Waals surface area contributed by atoms with Crippen molar-refractivity contribution in [1.82, 2.24) is 0 Å². The molecule has 0 aliphatic carbocycles. The summed E-state index contributed by atoms with van der Waals surface area (Å²) in [4.78, 5) is 25.3. The van der Waals surface area contributed by atoms with Crippen molar-refractivity contribution < 1.29 is 27.5 Å². The van der Waals surface area contributed by atoms with Crippen molar-refractivity contribution in [3.63, 3.8) is 0 Å². The first kappa shape index (κ1) is 15.9. The number of hydrogen-bond acceptors (Lipinski definition) is 3. The van der Waals surface area contributed by atoms with E-state index in [0.717, 1.165) is 6.07 Å². The lowest BCUT2D eigenvalue weighted by molar-refractivity contribution is -0.121. The maximum atomic E-state index is 13.7. The van der Waals surface area contributed by atoms with Crippen LogP contribution in [0.15, 0.2) is 30.3 Å². The zero-order chi connectivity index (χ0) is 17.4. The van der Waals surface area contributed by atoms with E-state index < -0.39 is 29.0 Å². The lowest BCUT2D eigenvalue weighted by Gasteiger charge is -2.27. The minimum Gasteiger partial charge on any atom is -0.481 e. The van der Waals surface area contributed by atoms with E-state index >= 15 is 0 Å². The molecule has 5 nitrogen and oxygen atoms in total. The number of carbonyl (C=O) groups excluding carboxylic acids is 2. The number of rotatable bonds is 2. The van der Waals surface area contributed by atoms with Gasteiger partial charge in [-0.25, -0.2) is 13.2 Å². The Morgan fingerprint density at radius 2 is 1.92 bits per heavy atom. The van der Waals surface area contributed by atoms with Crippen LogP contribution in [0.5, 0.6) is 5.75 Å². The summed E-state index contributed by atoms with van der Waals surface area (Å²) >= 11 is 0. The monoisotopic (exact) mass is 336 g/mol. The Bertz CT molecular complexity index is 855. The number of hydrogen-bond donors (Lipinski definition) is 1. The summed E-state index contributed by atoms with van der Waals surface area (Å²) in [6, 6.07) is 6.14. The van der Waals surface area contributed by atoms with Crippen molar-refractivity contribution >= 4 is 23.2 Å². The molecule has 124 valence electrons. The molecule has 0 unspecified atom stereocenters. The van der Waals surface area contributed by atoms with Crippen LogP contribution in [-0.2, 0) is 4.79 Å². The molecule has 1 aliphatic heterocycles. The minimum atomic E-state index is -1.68. The highest BCUT2D eigenvalue weighted by atomic mass is 19.2. The molecule has 0 radical (unpaired) electrons. The van der Waals surface area contributed by atoms with Crippen LogP contribution < -0.4 is 15.0 Å². The van der Waals surface area contributed by atoms with Gasteiger partial charge in [0.1, 0.15) is 0 Å². The van der Waals surface area contributed by atoms with Crippen molar-refractivity contribution in [3.8, 4) is 5.75 Å². The fraction of sp³-hybridized carbons (Fsp3) is 0.125. The minimum absolute atomic E-state index is 0.0379. The van der Waals surface area contributed by atoms with Crippen LogP contribution >= 0.6 is 0 Å². The summed E-state index contributed by atoms with van der Waals surface area (Å²) in [5.74, 6) is -5.44. The zero-order valence-electron chi connectivity index (χ0n) is 12.4. The molecule has 0 spiro atoms. The molecule has 1 aliphatic rings. The van der Waals surface area contributed by atoms with Crippen LogP contribution in [-0.4, -0.2) is 25.5 Å². The number of halogens is 3. The van der Waals surface area contributed by atoms with E-state index in [2.05, 4.69) is 5.32 Å². The molecule has 24 heavy (non-hydrogen) atoms. The number of fused-ring (bicyclic) bond motifs is 1. The average molecular weight is 336 g/mol. The number of ether oxygens (including phenoxy) is 1. The van der Waals surface area contributed by atoms with Gasteiger partial charge in [0, 0.05) is 7.05 Å². The Kier molecular flexibility index (Phi) is 3.88. The fourth-order valence-corrected chi connectivity index (χ4v) is 2.30. The highest BCUT2D eigenvalue weighted by molar-refractivity contribution is 6.09. The average Bonchev–Trinajstić information content (AvgIpc) is 2.58. The molecule has 1 N–H and O–H groups in total. The van der Waals surface area contributed by atoms with Gasteiger partial charge in [-0.1, -0.05) is 6.07 Å². The molecule has 8 heteroatoms. The van der Waals surface area contributed by atoms with Crippen molar-refractivity contribution in [3.05, 3.63) is 53.3 Å². The summed E-state index contributed by atoms with van der Waals surface area (Å²) in [5, 5.41) is 2.17. The predicted octanol–water partition coefficient (Wildman–Crippen LogP) is 2.71. The van der Waals surface area contributed by atoms with Crippen LogP contribution in [0.1, 0.15) is 10.4 Å². The molecule has 0 aromatic heterocycles. The Balaban J connectivity index is 1.95. The Hall–Kier alpha value is -3.03. The van der Waals surface area contributed by atoms with Gasteiger partial charge in [-0.2, -0.15) is 0 Å². The molecule has 0 atom stereocenters. The largest absolute Gasteiger partial charge is 0.481 e. The van der Waals surface area contributed by atoms with E-state index in [1.807, 2.05) is 0 Å². The summed E-state index contributed by atoms with van der Waals surface area (Å²) in [6.07, 6.45) is 0. The topological polar surface area (TPSA) is 58.6 Å². The molecule has 0 saturated heterocycles. The highest BCUT2D eigenvalue weighted by Gasteiger charge is 2.27. The number of anilines is 2. The second-order valence-corrected chi connectivity index (χ2v) is 5.07. The Morgan fingerprint density at radius 3 is 2.67 bits per heavy atom. The second kappa shape index (κ2) is 5.88. The normalized spacial score (nSPS) is 13.3. The molecule has 2 aromatic carbocycles. The van der Waals surface area contributed by atoms with Gasteiger partial charge in [-0.3, -0.25) is 9.59 Å². The standard InChI is InChI=1S/C16H11F3N2O3/c1-21-11-4-2-3-8(15(11)24-7-12(21)22)16(23)20-10-6-5-9(17)13(18)14(10)19/h2-6H,7H2,1H3,(H,20,23). The van der Waals surface area contributed by atoms with Gasteiger partial charge < -0.3 is 15.0 Å². The first-order chi connectivity index (χ1) is 11.4. The van der Waals surface area contributed by atoms with E-state index in [4.69, 9.17) is 4.74 Å². The highest BCUT2D eigenvalue weighted by Crippen LogP contribution is 2.35. The van der Waals surface area contributed by atoms with E-state index in [9.17, 15) is 22.8 Å². The van der Waals surface area contributed by atoms with E-state index in [0.29, 0.717) is 11.8 Å². The summed E-state index contributed by atoms with van der Waals surface area (Å²) in [6.45, 7) is -0.243. The number of para-hydroxylation sites is 1. The number of carbonyl (C=O) groups is 2. The summed E-state index contributed by atoms with van der Waals surface area (Å²) in [7, 11) is 1.53. The van der Waals surface area contributed by atoms with Crippen LogP contribution in [0.4, 0.5) is 24.5 Å². The zero-order valence-corrected chi connectivity index (χ0v) is 12.4. The van der Waals surface area contributed by atoms with Gasteiger partial charge in [0.25, 0.3) is 11.8 Å². The van der Waals surface area contributed by atoms with Gasteiger partial charge in [0.05, 0.1) is 16.9 Å². The van der Waals surface area contributed by atoms with E-state index in [1.165, 1.54) is 24.1 Å². The molecular weight excluding hydrogens is 325 g/mol. The quantitative estimate of drug-likeness (QED) is 0.858. The number of nitrogens with one attached hydrogen (secondary N) is 1. The first-order valence-corrected chi connectivity index (χ1v) is 6.87. The van der Waals surface area contributed by atoms with Gasteiger partial charge in [-0.15, -0.1) is 0 Å². The Labute approximate surface area is 134 Å². The molecule has 0 bridgehead atoms. The fourth-order valence-electron chi connectivity index (χ4n) is 2.30. The Morgan fingerprint density at radius 1 is 1.17 bits per heavy atom. The molecule has 3 rings (SSSR count). The van der Waals surface area contributed by atoms with Gasteiger partial charge >= 0.3 is 0 Å². The lowest BCUT2D eigenvalue weighted by Crippen LogP contribution is -2.36. The van der Waals surface area contributed by atoms with Crippen molar-refractivity contribution in [2.75, 3.05) is 23.9 Å². The molecule has 0 fully saturated rings. The maximum absolute atomic E-state index is 13.7. The van der Waals surface area contributed by atoms with Crippen LogP contribution in [0, 0.1) is 17.5 Å². The number of nitrogens with zero attached hydrogens (tertiary/aromatic N) is 1. The van der Waals surface area contributed by atoms with Gasteiger partial charge in [-0.05, 0) is 24.3 Å². The smallest absolute Gasteiger partial charge is 0.264 e. The third-order valence-corrected chi connectivity index (χ3v) is 3.60. The SMILES string of the molecule is CN1C(=O)COc2c(C(=O)Nc3ccc(F)c(F)c3F)cccc21. The van der Waals surface area contributed by atoms with E-state index in [-0.39, 0.29) is 23.8 Å². The predicted molar refractivity (Wildman–Crippen MR) is 79.6 cm³/mol. The molecular formula is C16H11F3N2O3. The first-order valence-electron chi connectivity index (χ1n) is 6.87. The lowest BCUT2D eigenvalue weighted by atomic mass is 10.1. The number of likely N-dealkylation sites (N-methyl/N-ethyl adjacent to an activating group) is 1. The third kappa shape index (κ3) is 2.55. The number of amides is 2. The maximum Gasteiger partial charge on any atom is 0.264 e. The van der Waals surface area contributed by atoms with Crippen molar-refractivity contribution in [2.24, 2.45) is 0 Å². The molecule has 1 heterocycles. The summed E-state index contributed by atoms with van der Waals surface area (Å²) < 4.78 is 45.1. The van der Waals surface area contributed by atoms with Crippen molar-refractivity contribution in [1.29, 1.82) is 0 Å². The van der Waals surface area contributed by atoms with Gasteiger partial charge in [0.2, 0.25) is 0 Å². The van der Waals surface area contributed by atoms with Crippen LogP contribution in [0.2, 0.25) is 0 Å². The second-order valence-electron chi connectivity index (χ2n) is 5.07. The summed E-state index contributed by atoms with van der Waals surface area (Å²) in [5.41, 5.74) is -0.0858. The molecule has 0 saturated carbocycles. The molecule has 2 aromatic rings. The van der Waals surface area contributed by atoms with Gasteiger partial charge in [0.15, 0.2) is 29.8 Å². The third-order valence-electron chi connectivity index (χ3n) is 3.60. The van der Waals surface area contributed by atoms with Crippen molar-refractivity contribution in [2.45, 2.75) is 0 Å². The van der Waals surface area contributed by atoms with Crippen LogP contribution in [0.3, 0.4) is 0 Å². The molecule has 2 amide bonds.